The van der Waals surface area contributed by atoms with E-state index in [0.29, 0.717) is 29.7 Å². The Balaban J connectivity index is 1.51. The molecule has 26 heavy (non-hydrogen) atoms. The quantitative estimate of drug-likeness (QED) is 0.760. The summed E-state index contributed by atoms with van der Waals surface area (Å²) in [6.45, 7) is 1.28. The van der Waals surface area contributed by atoms with Gasteiger partial charge < -0.3 is 9.88 Å². The highest BCUT2D eigenvalue weighted by molar-refractivity contribution is 7.89. The van der Waals surface area contributed by atoms with E-state index in [0.717, 1.165) is 0 Å². The van der Waals surface area contributed by atoms with Crippen LogP contribution in [0.4, 0.5) is 0 Å². The van der Waals surface area contributed by atoms with Crippen LogP contribution >= 0.6 is 0 Å². The van der Waals surface area contributed by atoms with Gasteiger partial charge in [0.25, 0.3) is 5.91 Å². The summed E-state index contributed by atoms with van der Waals surface area (Å²) in [6.07, 6.45) is 3.09. The maximum atomic E-state index is 13.0. The Morgan fingerprint density at radius 3 is 2.46 bits per heavy atom. The van der Waals surface area contributed by atoms with Crippen LogP contribution in [-0.4, -0.2) is 59.7 Å². The number of nitrogens with one attached hydrogen (secondary N) is 1. The molecule has 0 aliphatic carbocycles. The van der Waals surface area contributed by atoms with E-state index in [1.54, 1.807) is 35.4 Å². The highest BCUT2D eigenvalue weighted by atomic mass is 32.2. The lowest BCUT2D eigenvalue weighted by molar-refractivity contribution is 0.0698. The lowest BCUT2D eigenvalue weighted by Gasteiger charge is -2.34. The predicted octanol–water partition coefficient (Wildman–Crippen LogP) is 1.71. The molecule has 4 rings (SSSR count). The van der Waals surface area contributed by atoms with Crippen molar-refractivity contribution in [3.8, 4) is 0 Å². The Morgan fingerprint density at radius 2 is 1.73 bits per heavy atom. The van der Waals surface area contributed by atoms with E-state index >= 15 is 0 Å². The molecule has 1 saturated heterocycles. The maximum Gasteiger partial charge on any atom is 0.253 e. The number of hydrogen-bond acceptors (Lipinski definition) is 4. The zero-order valence-electron chi connectivity index (χ0n) is 14.0. The van der Waals surface area contributed by atoms with Gasteiger partial charge in [-0.25, -0.2) is 13.4 Å². The third-order valence-electron chi connectivity index (χ3n) is 4.58. The van der Waals surface area contributed by atoms with Gasteiger partial charge in [-0.3, -0.25) is 4.79 Å². The number of fused-ring (bicyclic) bond motifs is 1. The van der Waals surface area contributed by atoms with Gasteiger partial charge in [-0.15, -0.1) is 0 Å². The van der Waals surface area contributed by atoms with Crippen molar-refractivity contribution in [2.45, 2.75) is 4.90 Å². The van der Waals surface area contributed by atoms with Gasteiger partial charge >= 0.3 is 0 Å². The molecule has 3 heterocycles. The molecule has 1 aliphatic rings. The largest absolute Gasteiger partial charge is 0.345 e. The van der Waals surface area contributed by atoms with Gasteiger partial charge in [-0.1, -0.05) is 18.2 Å². The van der Waals surface area contributed by atoms with Crippen molar-refractivity contribution in [2.24, 2.45) is 0 Å². The topological polar surface area (TPSA) is 86.4 Å². The number of hydrogen-bond donors (Lipinski definition) is 1. The Hall–Kier alpha value is -2.71. The van der Waals surface area contributed by atoms with E-state index in [9.17, 15) is 13.2 Å². The van der Waals surface area contributed by atoms with Gasteiger partial charge in [0.2, 0.25) is 10.0 Å². The second kappa shape index (κ2) is 6.54. The normalized spacial score (nSPS) is 16.1. The van der Waals surface area contributed by atoms with Crippen LogP contribution in [0.3, 0.4) is 0 Å². The number of sulfonamides is 1. The summed E-state index contributed by atoms with van der Waals surface area (Å²) in [5, 5.41) is 0.579. The highest BCUT2D eigenvalue weighted by Gasteiger charge is 2.32. The number of carbonyl (C=O) groups excluding carboxylic acids is 1. The molecule has 3 aromatic rings. The highest BCUT2D eigenvalue weighted by Crippen LogP contribution is 2.25. The van der Waals surface area contributed by atoms with Gasteiger partial charge in [-0.05, 0) is 24.3 Å². The molecule has 1 aliphatic heterocycles. The van der Waals surface area contributed by atoms with Crippen LogP contribution < -0.4 is 0 Å². The summed E-state index contributed by atoms with van der Waals surface area (Å²) in [6, 6.07) is 12.5. The van der Waals surface area contributed by atoms with E-state index in [4.69, 9.17) is 0 Å². The number of aromatic nitrogens is 2. The Labute approximate surface area is 151 Å². The smallest absolute Gasteiger partial charge is 0.253 e. The van der Waals surface area contributed by atoms with Gasteiger partial charge in [-0.2, -0.15) is 4.31 Å². The minimum absolute atomic E-state index is 0.0704. The summed E-state index contributed by atoms with van der Waals surface area (Å²) in [5.41, 5.74) is 1.16. The Bertz CT molecular complexity index is 1040. The lowest BCUT2D eigenvalue weighted by Crippen LogP contribution is -2.50. The van der Waals surface area contributed by atoms with Crippen molar-refractivity contribution in [1.82, 2.24) is 19.2 Å². The number of nitrogens with zero attached hydrogens (tertiary/aromatic N) is 3. The molecule has 1 amide bonds. The molecule has 1 N–H and O–H groups in total. The van der Waals surface area contributed by atoms with Crippen LogP contribution in [0.25, 0.3) is 11.0 Å². The van der Waals surface area contributed by atoms with Gasteiger partial charge in [0.15, 0.2) is 0 Å². The number of piperazine rings is 1. The number of benzene rings is 1. The Morgan fingerprint density at radius 1 is 1.00 bits per heavy atom. The number of amides is 1. The molecule has 0 spiro atoms. The molecule has 0 saturated carbocycles. The van der Waals surface area contributed by atoms with E-state index in [1.165, 1.54) is 10.5 Å². The van der Waals surface area contributed by atoms with E-state index in [2.05, 4.69) is 9.97 Å². The lowest BCUT2D eigenvalue weighted by atomic mass is 10.2. The summed E-state index contributed by atoms with van der Waals surface area (Å²) in [4.78, 5) is 21.5. The number of H-pyrrole nitrogens is 1. The molecular formula is C18H18N4O3S. The van der Waals surface area contributed by atoms with E-state index < -0.39 is 10.0 Å². The van der Waals surface area contributed by atoms with Crippen LogP contribution in [-0.2, 0) is 10.0 Å². The summed E-state index contributed by atoms with van der Waals surface area (Å²) >= 11 is 0. The summed E-state index contributed by atoms with van der Waals surface area (Å²) in [7, 11) is -3.63. The molecule has 0 unspecified atom stereocenters. The van der Waals surface area contributed by atoms with Crippen LogP contribution in [0.1, 0.15) is 10.4 Å². The number of carbonyl (C=O) groups is 1. The standard InChI is InChI=1S/C18H18N4O3S/c23-18(14-5-2-1-3-6-14)21-9-11-22(12-10-21)26(24,25)16-13-20-17-15(16)7-4-8-19-17/h1-8,13H,9-12H2,(H,19,20). The predicted molar refractivity (Wildman–Crippen MR) is 97.2 cm³/mol. The first-order chi connectivity index (χ1) is 12.6. The second-order valence-electron chi connectivity index (χ2n) is 6.11. The third-order valence-corrected chi connectivity index (χ3v) is 6.52. The number of aromatic amines is 1. The molecule has 0 atom stereocenters. The van der Waals surface area contributed by atoms with Gasteiger partial charge in [0.05, 0.1) is 0 Å². The molecule has 2 aromatic heterocycles. The van der Waals surface area contributed by atoms with Crippen molar-refractivity contribution < 1.29 is 13.2 Å². The first kappa shape index (κ1) is 16.7. The SMILES string of the molecule is O=C(c1ccccc1)N1CCN(S(=O)(=O)c2c[nH]c3ncccc23)CC1. The molecule has 8 heteroatoms. The average Bonchev–Trinajstić information content (AvgIpc) is 3.13. The molecular weight excluding hydrogens is 352 g/mol. The van der Waals surface area contributed by atoms with Crippen molar-refractivity contribution in [2.75, 3.05) is 26.2 Å². The second-order valence-corrected chi connectivity index (χ2v) is 8.02. The fraction of sp³-hybridized carbons (Fsp3) is 0.222. The zero-order valence-corrected chi connectivity index (χ0v) is 14.8. The van der Waals surface area contributed by atoms with Crippen molar-refractivity contribution in [1.29, 1.82) is 0 Å². The molecule has 1 fully saturated rings. The van der Waals surface area contributed by atoms with Crippen molar-refractivity contribution in [3.63, 3.8) is 0 Å². The summed E-state index contributed by atoms with van der Waals surface area (Å²) in [5.74, 6) is -0.0704. The molecule has 134 valence electrons. The van der Waals surface area contributed by atoms with Crippen LogP contribution in [0.5, 0.6) is 0 Å². The monoisotopic (exact) mass is 370 g/mol. The molecule has 0 radical (unpaired) electrons. The van der Waals surface area contributed by atoms with Gasteiger partial charge in [0.1, 0.15) is 10.5 Å². The fourth-order valence-electron chi connectivity index (χ4n) is 3.18. The van der Waals surface area contributed by atoms with Crippen LogP contribution in [0.2, 0.25) is 0 Å². The van der Waals surface area contributed by atoms with Gasteiger partial charge in [0, 0.05) is 49.5 Å². The van der Waals surface area contributed by atoms with Crippen LogP contribution in [0, 0.1) is 0 Å². The zero-order chi connectivity index (χ0) is 18.1. The maximum absolute atomic E-state index is 13.0. The molecule has 0 bridgehead atoms. The average molecular weight is 370 g/mol. The fourth-order valence-corrected chi connectivity index (χ4v) is 4.75. The number of pyridine rings is 1. The van der Waals surface area contributed by atoms with Crippen LogP contribution in [0.15, 0.2) is 59.8 Å². The van der Waals surface area contributed by atoms with Crippen molar-refractivity contribution in [3.05, 3.63) is 60.4 Å². The number of rotatable bonds is 3. The Kier molecular flexibility index (Phi) is 4.21. The van der Waals surface area contributed by atoms with E-state index in [-0.39, 0.29) is 23.9 Å². The molecule has 7 nitrogen and oxygen atoms in total. The summed E-state index contributed by atoms with van der Waals surface area (Å²) < 4.78 is 27.4. The minimum Gasteiger partial charge on any atom is -0.345 e. The third kappa shape index (κ3) is 2.87. The van der Waals surface area contributed by atoms with E-state index in [1.807, 2.05) is 18.2 Å². The molecule has 1 aromatic carbocycles. The first-order valence-corrected chi connectivity index (χ1v) is 9.78. The first-order valence-electron chi connectivity index (χ1n) is 8.34. The minimum atomic E-state index is -3.63. The van der Waals surface area contributed by atoms with Crippen molar-refractivity contribution >= 4 is 27.0 Å².